The molecule has 3 rings (SSSR count). The summed E-state index contributed by atoms with van der Waals surface area (Å²) in [5.41, 5.74) is 0.742. The third-order valence-corrected chi connectivity index (χ3v) is 4.83. The van der Waals surface area contributed by atoms with Gasteiger partial charge in [0.25, 0.3) is 5.69 Å². The highest BCUT2D eigenvalue weighted by atomic mass is 16.6. The summed E-state index contributed by atoms with van der Waals surface area (Å²) in [4.78, 5) is 25.3. The minimum Gasteiger partial charge on any atom is -0.459 e. The molecule has 2 fully saturated rings. The molecule has 7 heteroatoms. The Labute approximate surface area is 147 Å². The molecule has 0 radical (unpaired) electrons. The quantitative estimate of drug-likeness (QED) is 0.462. The number of esters is 1. The van der Waals surface area contributed by atoms with Crippen molar-refractivity contribution in [3.05, 3.63) is 33.9 Å². The van der Waals surface area contributed by atoms with Crippen LogP contribution >= 0.6 is 0 Å². The number of rotatable bonds is 5. The molecule has 1 aromatic rings. The Bertz CT molecular complexity index is 642. The lowest BCUT2D eigenvalue weighted by Crippen LogP contribution is -2.34. The fourth-order valence-electron chi connectivity index (χ4n) is 3.50. The Balaban J connectivity index is 1.73. The van der Waals surface area contributed by atoms with E-state index >= 15 is 0 Å². The zero-order valence-electron chi connectivity index (χ0n) is 14.5. The van der Waals surface area contributed by atoms with E-state index in [0.717, 1.165) is 38.8 Å². The van der Waals surface area contributed by atoms with Crippen LogP contribution in [-0.2, 0) is 9.47 Å². The van der Waals surface area contributed by atoms with Crippen LogP contribution in [0, 0.1) is 16.0 Å². The van der Waals surface area contributed by atoms with Gasteiger partial charge in [-0.3, -0.25) is 10.1 Å². The maximum Gasteiger partial charge on any atom is 0.338 e. The SMILES string of the molecule is C[C@@H]1CCCN(c2ccc(C(=O)OC[C@H]3CCCO3)cc2[N+](=O)[O-])C1. The predicted molar refractivity (Wildman–Crippen MR) is 93.0 cm³/mol. The van der Waals surface area contributed by atoms with Crippen molar-refractivity contribution in [2.75, 3.05) is 31.2 Å². The van der Waals surface area contributed by atoms with Gasteiger partial charge in [-0.25, -0.2) is 4.79 Å². The molecule has 0 N–H and O–H groups in total. The molecule has 0 unspecified atom stereocenters. The average molecular weight is 348 g/mol. The highest BCUT2D eigenvalue weighted by Crippen LogP contribution is 2.32. The molecule has 2 atom stereocenters. The largest absolute Gasteiger partial charge is 0.459 e. The molecule has 2 aliphatic rings. The van der Waals surface area contributed by atoms with Gasteiger partial charge >= 0.3 is 5.97 Å². The fraction of sp³-hybridized carbons (Fsp3) is 0.611. The summed E-state index contributed by atoms with van der Waals surface area (Å²) < 4.78 is 10.7. The fourth-order valence-corrected chi connectivity index (χ4v) is 3.50. The van der Waals surface area contributed by atoms with Crippen molar-refractivity contribution in [2.24, 2.45) is 5.92 Å². The molecule has 0 aromatic heterocycles. The highest BCUT2D eigenvalue weighted by molar-refractivity contribution is 5.91. The number of benzene rings is 1. The second-order valence-electron chi connectivity index (χ2n) is 6.89. The Morgan fingerprint density at radius 2 is 2.24 bits per heavy atom. The molecule has 0 saturated carbocycles. The van der Waals surface area contributed by atoms with Gasteiger partial charge in [-0.15, -0.1) is 0 Å². The number of nitro benzene ring substituents is 1. The van der Waals surface area contributed by atoms with Crippen molar-refractivity contribution in [2.45, 2.75) is 38.7 Å². The van der Waals surface area contributed by atoms with Crippen LogP contribution < -0.4 is 4.90 Å². The van der Waals surface area contributed by atoms with Crippen LogP contribution in [0.15, 0.2) is 18.2 Å². The molecular formula is C18H24N2O5. The Morgan fingerprint density at radius 3 is 2.92 bits per heavy atom. The van der Waals surface area contributed by atoms with E-state index in [2.05, 4.69) is 6.92 Å². The average Bonchev–Trinajstić information content (AvgIpc) is 3.12. The van der Waals surface area contributed by atoms with Gasteiger partial charge in [0.15, 0.2) is 0 Å². The van der Waals surface area contributed by atoms with E-state index in [1.807, 2.05) is 4.90 Å². The topological polar surface area (TPSA) is 81.9 Å². The molecule has 2 heterocycles. The van der Waals surface area contributed by atoms with Gasteiger partial charge in [-0.2, -0.15) is 0 Å². The summed E-state index contributed by atoms with van der Waals surface area (Å²) in [6.07, 6.45) is 3.94. The maximum absolute atomic E-state index is 12.2. The summed E-state index contributed by atoms with van der Waals surface area (Å²) in [6, 6.07) is 4.60. The second kappa shape index (κ2) is 7.82. The molecular weight excluding hydrogens is 324 g/mol. The van der Waals surface area contributed by atoms with E-state index in [1.54, 1.807) is 12.1 Å². The molecule has 0 amide bonds. The number of hydrogen-bond acceptors (Lipinski definition) is 6. The number of carbonyl (C=O) groups excluding carboxylic acids is 1. The first kappa shape index (κ1) is 17.7. The van der Waals surface area contributed by atoms with Crippen molar-refractivity contribution in [3.8, 4) is 0 Å². The summed E-state index contributed by atoms with van der Waals surface area (Å²) in [6.45, 7) is 4.63. The van der Waals surface area contributed by atoms with Crippen LogP contribution in [0.25, 0.3) is 0 Å². The van der Waals surface area contributed by atoms with Gasteiger partial charge in [0, 0.05) is 25.8 Å². The summed E-state index contributed by atoms with van der Waals surface area (Å²) in [5, 5.41) is 11.5. The van der Waals surface area contributed by atoms with Gasteiger partial charge in [-0.05, 0) is 43.7 Å². The highest BCUT2D eigenvalue weighted by Gasteiger charge is 2.26. The van der Waals surface area contributed by atoms with E-state index in [1.165, 1.54) is 6.07 Å². The number of ether oxygens (including phenoxy) is 2. The van der Waals surface area contributed by atoms with Crippen LogP contribution in [0.2, 0.25) is 0 Å². The lowest BCUT2D eigenvalue weighted by atomic mass is 9.99. The normalized spacial score (nSPS) is 23.5. The first-order chi connectivity index (χ1) is 12.0. The van der Waals surface area contributed by atoms with Crippen molar-refractivity contribution in [1.82, 2.24) is 0 Å². The van der Waals surface area contributed by atoms with Gasteiger partial charge in [0.1, 0.15) is 12.3 Å². The van der Waals surface area contributed by atoms with Crippen LogP contribution in [0.4, 0.5) is 11.4 Å². The number of carbonyl (C=O) groups is 1. The molecule has 136 valence electrons. The Morgan fingerprint density at radius 1 is 1.40 bits per heavy atom. The first-order valence-electron chi connectivity index (χ1n) is 8.86. The maximum atomic E-state index is 12.2. The van der Waals surface area contributed by atoms with Crippen LogP contribution in [0.5, 0.6) is 0 Å². The van der Waals surface area contributed by atoms with E-state index in [0.29, 0.717) is 18.2 Å². The standard InChI is InChI=1S/C18H24N2O5/c1-13-4-2-8-19(11-13)16-7-6-14(10-17(16)20(22)23)18(21)25-12-15-5-3-9-24-15/h6-7,10,13,15H,2-5,8-9,11-12H2,1H3/t13-,15-/m1/s1. The number of anilines is 1. The van der Waals surface area contributed by atoms with Crippen molar-refractivity contribution >= 4 is 17.3 Å². The lowest BCUT2D eigenvalue weighted by molar-refractivity contribution is -0.384. The van der Waals surface area contributed by atoms with Crippen molar-refractivity contribution in [1.29, 1.82) is 0 Å². The third kappa shape index (κ3) is 4.28. The molecule has 0 spiro atoms. The number of piperidine rings is 1. The Hall–Kier alpha value is -2.15. The van der Waals surface area contributed by atoms with Gasteiger partial charge < -0.3 is 14.4 Å². The minimum atomic E-state index is -0.544. The third-order valence-electron chi connectivity index (χ3n) is 4.83. The van der Waals surface area contributed by atoms with Gasteiger partial charge in [0.2, 0.25) is 0 Å². The van der Waals surface area contributed by atoms with E-state index in [-0.39, 0.29) is 24.0 Å². The number of nitrogens with zero attached hydrogens (tertiary/aromatic N) is 2. The zero-order valence-corrected chi connectivity index (χ0v) is 14.5. The predicted octanol–water partition coefficient (Wildman–Crippen LogP) is 3.17. The monoisotopic (exact) mass is 348 g/mol. The molecule has 25 heavy (non-hydrogen) atoms. The molecule has 7 nitrogen and oxygen atoms in total. The first-order valence-corrected chi connectivity index (χ1v) is 8.86. The van der Waals surface area contributed by atoms with Crippen LogP contribution in [0.3, 0.4) is 0 Å². The smallest absolute Gasteiger partial charge is 0.338 e. The molecule has 0 bridgehead atoms. The van der Waals surface area contributed by atoms with Crippen molar-refractivity contribution < 1.29 is 19.2 Å². The second-order valence-corrected chi connectivity index (χ2v) is 6.89. The summed E-state index contributed by atoms with van der Waals surface area (Å²) in [5.74, 6) is -0.0402. The summed E-state index contributed by atoms with van der Waals surface area (Å²) in [7, 11) is 0. The number of hydrogen-bond donors (Lipinski definition) is 0. The van der Waals surface area contributed by atoms with Crippen LogP contribution in [0.1, 0.15) is 43.0 Å². The zero-order chi connectivity index (χ0) is 17.8. The summed E-state index contributed by atoms with van der Waals surface area (Å²) >= 11 is 0. The number of nitro groups is 1. The van der Waals surface area contributed by atoms with Gasteiger partial charge in [0.05, 0.1) is 16.6 Å². The van der Waals surface area contributed by atoms with Crippen molar-refractivity contribution in [3.63, 3.8) is 0 Å². The minimum absolute atomic E-state index is 0.0410. The lowest BCUT2D eigenvalue weighted by Gasteiger charge is -2.32. The molecule has 2 saturated heterocycles. The Kier molecular flexibility index (Phi) is 5.53. The van der Waals surface area contributed by atoms with E-state index in [9.17, 15) is 14.9 Å². The van der Waals surface area contributed by atoms with E-state index < -0.39 is 10.9 Å². The van der Waals surface area contributed by atoms with Gasteiger partial charge in [-0.1, -0.05) is 6.92 Å². The molecule has 1 aromatic carbocycles. The van der Waals surface area contributed by atoms with Crippen LogP contribution in [-0.4, -0.2) is 43.3 Å². The van der Waals surface area contributed by atoms with E-state index in [4.69, 9.17) is 9.47 Å². The molecule has 2 aliphatic heterocycles. The molecule has 0 aliphatic carbocycles.